The fraction of sp³-hybridized carbons (Fsp3) is 0.130. The monoisotopic (exact) mass is 387 g/mol. The number of benzene rings is 4. The summed E-state index contributed by atoms with van der Waals surface area (Å²) in [6.45, 7) is 2.17. The van der Waals surface area contributed by atoms with Crippen LogP contribution in [-0.4, -0.2) is 4.57 Å². The first-order chi connectivity index (χ1) is 12.1. The summed E-state index contributed by atoms with van der Waals surface area (Å²) in [6, 6.07) is 24.6. The Balaban J connectivity index is 1.95. The summed E-state index contributed by atoms with van der Waals surface area (Å²) >= 11 is 3.68. The Hall–Kier alpha value is -2.32. The zero-order chi connectivity index (χ0) is 17.1. The Morgan fingerprint density at radius 3 is 2.40 bits per heavy atom. The highest BCUT2D eigenvalue weighted by atomic mass is 79.9. The second-order valence-electron chi connectivity index (χ2n) is 6.83. The van der Waals surface area contributed by atoms with Gasteiger partial charge in [0.1, 0.15) is 0 Å². The number of hydrogen-bond acceptors (Lipinski definition) is 0. The average molecular weight is 388 g/mol. The summed E-state index contributed by atoms with van der Waals surface area (Å²) in [5.74, 6) is 0. The van der Waals surface area contributed by atoms with E-state index in [0.29, 0.717) is 4.83 Å². The lowest BCUT2D eigenvalue weighted by molar-refractivity contribution is 1.01. The van der Waals surface area contributed by atoms with E-state index in [-0.39, 0.29) is 0 Å². The van der Waals surface area contributed by atoms with Crippen LogP contribution in [0.5, 0.6) is 0 Å². The molecule has 25 heavy (non-hydrogen) atoms. The van der Waals surface area contributed by atoms with Gasteiger partial charge in [0.15, 0.2) is 0 Å². The first-order valence-corrected chi connectivity index (χ1v) is 9.53. The molecule has 0 aliphatic carbocycles. The second-order valence-corrected chi connectivity index (χ2v) is 8.21. The summed E-state index contributed by atoms with van der Waals surface area (Å²) in [4.78, 5) is 0.369. The molecule has 0 fully saturated rings. The summed E-state index contributed by atoms with van der Waals surface area (Å²) in [6.07, 6.45) is 0. The zero-order valence-electron chi connectivity index (χ0n) is 14.3. The van der Waals surface area contributed by atoms with Crippen molar-refractivity contribution < 1.29 is 0 Å². The molecule has 0 aliphatic heterocycles. The molecule has 1 unspecified atom stereocenters. The molecule has 0 saturated heterocycles. The van der Waals surface area contributed by atoms with Gasteiger partial charge >= 0.3 is 0 Å². The van der Waals surface area contributed by atoms with Crippen molar-refractivity contribution in [2.75, 3.05) is 0 Å². The highest BCUT2D eigenvalue weighted by Crippen LogP contribution is 2.36. The van der Waals surface area contributed by atoms with E-state index in [1.54, 1.807) is 0 Å². The predicted molar refractivity (Wildman–Crippen MR) is 113 cm³/mol. The molecule has 1 nitrogen and oxygen atoms in total. The molecule has 1 aromatic heterocycles. The van der Waals surface area contributed by atoms with Crippen LogP contribution in [0.15, 0.2) is 66.7 Å². The predicted octanol–water partition coefficient (Wildman–Crippen LogP) is 7.09. The Kier molecular flexibility index (Phi) is 3.20. The molecule has 4 aromatic carbocycles. The van der Waals surface area contributed by atoms with Crippen LogP contribution >= 0.6 is 15.9 Å². The molecule has 0 aliphatic rings. The van der Waals surface area contributed by atoms with E-state index in [4.69, 9.17) is 0 Å². The van der Waals surface area contributed by atoms with Gasteiger partial charge in [0.25, 0.3) is 0 Å². The lowest BCUT2D eigenvalue weighted by Gasteiger charge is -2.08. The fourth-order valence-corrected chi connectivity index (χ4v) is 4.28. The maximum Gasteiger partial charge on any atom is 0.0495 e. The van der Waals surface area contributed by atoms with Gasteiger partial charge in [-0.3, -0.25) is 0 Å². The number of halogens is 1. The van der Waals surface area contributed by atoms with E-state index in [2.05, 4.69) is 101 Å². The molecule has 5 rings (SSSR count). The molecule has 5 aromatic rings. The number of hydrogen-bond donors (Lipinski definition) is 0. The molecular weight excluding hydrogens is 370 g/mol. The number of alkyl halides is 1. The molecule has 0 radical (unpaired) electrons. The number of nitrogens with zero attached hydrogens (tertiary/aromatic N) is 1. The van der Waals surface area contributed by atoms with E-state index < -0.39 is 0 Å². The molecule has 1 heterocycles. The summed E-state index contributed by atoms with van der Waals surface area (Å²) in [5.41, 5.74) is 3.89. The van der Waals surface area contributed by atoms with Crippen molar-refractivity contribution in [3.05, 3.63) is 72.3 Å². The van der Waals surface area contributed by atoms with Crippen LogP contribution in [-0.2, 0) is 7.05 Å². The molecule has 0 spiro atoms. The van der Waals surface area contributed by atoms with Gasteiger partial charge < -0.3 is 4.57 Å². The third-order valence-corrected chi connectivity index (χ3v) is 5.86. The standard InChI is InChI=1S/C23H18BrN/c1-14(24)15-7-8-16-13-20-17(12-18(16)11-15)9-10-22-23(20)19-5-3-4-6-21(19)25(22)2/h3-14H,1-2H3. The Labute approximate surface area is 155 Å². The van der Waals surface area contributed by atoms with Crippen LogP contribution < -0.4 is 0 Å². The Bertz CT molecular complexity index is 1280. The van der Waals surface area contributed by atoms with Crippen molar-refractivity contribution in [2.45, 2.75) is 11.8 Å². The minimum atomic E-state index is 0.369. The van der Waals surface area contributed by atoms with Gasteiger partial charge in [-0.1, -0.05) is 58.4 Å². The number of para-hydroxylation sites is 1. The Morgan fingerprint density at radius 1 is 0.760 bits per heavy atom. The van der Waals surface area contributed by atoms with Crippen LogP contribution in [0.3, 0.4) is 0 Å². The van der Waals surface area contributed by atoms with Gasteiger partial charge in [-0.05, 0) is 58.3 Å². The van der Waals surface area contributed by atoms with Gasteiger partial charge in [0, 0.05) is 33.7 Å². The lowest BCUT2D eigenvalue weighted by Crippen LogP contribution is -1.87. The van der Waals surface area contributed by atoms with E-state index in [9.17, 15) is 0 Å². The first kappa shape index (κ1) is 15.0. The topological polar surface area (TPSA) is 4.93 Å². The number of fused-ring (bicyclic) bond motifs is 6. The minimum Gasteiger partial charge on any atom is -0.344 e. The zero-order valence-corrected chi connectivity index (χ0v) is 15.8. The minimum absolute atomic E-state index is 0.369. The van der Waals surface area contributed by atoms with Crippen LogP contribution in [0, 0.1) is 0 Å². The smallest absolute Gasteiger partial charge is 0.0495 e. The van der Waals surface area contributed by atoms with Crippen LogP contribution in [0.25, 0.3) is 43.4 Å². The molecule has 0 saturated carbocycles. The van der Waals surface area contributed by atoms with E-state index in [1.807, 2.05) is 0 Å². The molecule has 1 atom stereocenters. The molecule has 122 valence electrons. The van der Waals surface area contributed by atoms with Gasteiger partial charge in [0.2, 0.25) is 0 Å². The maximum absolute atomic E-state index is 3.68. The van der Waals surface area contributed by atoms with E-state index in [0.717, 1.165) is 0 Å². The van der Waals surface area contributed by atoms with Gasteiger partial charge in [-0.15, -0.1) is 0 Å². The Morgan fingerprint density at radius 2 is 1.56 bits per heavy atom. The highest BCUT2D eigenvalue weighted by Gasteiger charge is 2.12. The molecule has 0 bridgehead atoms. The lowest BCUT2D eigenvalue weighted by atomic mass is 9.98. The molecule has 2 heteroatoms. The SMILES string of the molecule is CC(Br)c1ccc2cc3c(ccc4c3c3ccccc3n4C)cc2c1. The first-order valence-electron chi connectivity index (χ1n) is 8.61. The third-order valence-electron chi connectivity index (χ3n) is 5.33. The van der Waals surface area contributed by atoms with E-state index >= 15 is 0 Å². The van der Waals surface area contributed by atoms with Crippen molar-refractivity contribution in [1.82, 2.24) is 4.57 Å². The molecular formula is C23H18BrN. The van der Waals surface area contributed by atoms with E-state index in [1.165, 1.54) is 48.9 Å². The number of aromatic nitrogens is 1. The quantitative estimate of drug-likeness (QED) is 0.213. The van der Waals surface area contributed by atoms with Crippen LogP contribution in [0.1, 0.15) is 17.3 Å². The molecule has 0 N–H and O–H groups in total. The maximum atomic E-state index is 3.68. The number of rotatable bonds is 1. The number of aryl methyl sites for hydroxylation is 1. The summed E-state index contributed by atoms with van der Waals surface area (Å²) < 4.78 is 2.30. The third kappa shape index (κ3) is 2.14. The summed E-state index contributed by atoms with van der Waals surface area (Å²) in [5, 5.41) is 7.92. The average Bonchev–Trinajstić information content (AvgIpc) is 2.93. The van der Waals surface area contributed by atoms with Crippen molar-refractivity contribution in [2.24, 2.45) is 7.05 Å². The fourth-order valence-electron chi connectivity index (χ4n) is 4.00. The van der Waals surface area contributed by atoms with Crippen molar-refractivity contribution >= 4 is 59.3 Å². The highest BCUT2D eigenvalue weighted by molar-refractivity contribution is 9.09. The second kappa shape index (κ2) is 5.34. The van der Waals surface area contributed by atoms with Crippen LogP contribution in [0.2, 0.25) is 0 Å². The summed E-state index contributed by atoms with van der Waals surface area (Å²) in [7, 11) is 2.15. The van der Waals surface area contributed by atoms with Crippen molar-refractivity contribution in [3.8, 4) is 0 Å². The van der Waals surface area contributed by atoms with Crippen molar-refractivity contribution in [1.29, 1.82) is 0 Å². The van der Waals surface area contributed by atoms with Crippen molar-refractivity contribution in [3.63, 3.8) is 0 Å². The van der Waals surface area contributed by atoms with Gasteiger partial charge in [-0.2, -0.15) is 0 Å². The molecule has 0 amide bonds. The normalized spacial score (nSPS) is 13.2. The van der Waals surface area contributed by atoms with Gasteiger partial charge in [-0.25, -0.2) is 0 Å². The van der Waals surface area contributed by atoms with Gasteiger partial charge in [0.05, 0.1) is 0 Å². The van der Waals surface area contributed by atoms with Crippen LogP contribution in [0.4, 0.5) is 0 Å². The largest absolute Gasteiger partial charge is 0.344 e.